The van der Waals surface area contributed by atoms with Crippen LogP contribution in [0.1, 0.15) is 0 Å². The zero-order chi connectivity index (χ0) is 13.3. The van der Waals surface area contributed by atoms with Crippen molar-refractivity contribution in [3.63, 3.8) is 0 Å². The Morgan fingerprint density at radius 2 is 1.53 bits per heavy atom. The van der Waals surface area contributed by atoms with Crippen LogP contribution in [0.3, 0.4) is 0 Å². The lowest BCUT2D eigenvalue weighted by Crippen LogP contribution is -2.46. The number of hydrogen-bond acceptors (Lipinski definition) is 2. The van der Waals surface area contributed by atoms with Crippen LogP contribution in [0.25, 0.3) is 0 Å². The summed E-state index contributed by atoms with van der Waals surface area (Å²) in [5, 5.41) is 0. The van der Waals surface area contributed by atoms with Crippen molar-refractivity contribution in [1.82, 2.24) is 0 Å². The molecule has 0 aromatic heterocycles. The normalized spacial score (nSPS) is 12.9. The fourth-order valence-corrected chi connectivity index (χ4v) is 1.04. The summed E-state index contributed by atoms with van der Waals surface area (Å²) >= 11 is 0. The van der Waals surface area contributed by atoms with Gasteiger partial charge in [-0.05, 0) is 12.1 Å². The molecule has 96 valence electrons. The number of ether oxygens (including phenoxy) is 1. The average molecular weight is 259 g/mol. The Morgan fingerprint density at radius 1 is 1.00 bits per heavy atom. The average Bonchev–Trinajstić information content (AvgIpc) is 2.10. The smallest absolute Gasteiger partial charge is 0.434 e. The summed E-state index contributed by atoms with van der Waals surface area (Å²) in [6, 6.07) is 4.34. The lowest BCUT2D eigenvalue weighted by molar-refractivity contribution is -0.299. The Labute approximate surface area is 92.0 Å². The maximum atomic E-state index is 12.1. The molecule has 17 heavy (non-hydrogen) atoms. The van der Waals surface area contributed by atoms with E-state index in [9.17, 15) is 26.3 Å². The Bertz CT molecular complexity index is 372. The fraction of sp³-hybridized carbons (Fsp3) is 0.333. The van der Waals surface area contributed by atoms with E-state index in [2.05, 4.69) is 4.74 Å². The fourth-order valence-electron chi connectivity index (χ4n) is 1.04. The molecule has 2 nitrogen and oxygen atoms in total. The highest BCUT2D eigenvalue weighted by molar-refractivity contribution is 5.43. The molecule has 1 rings (SSSR count). The van der Waals surface area contributed by atoms with Gasteiger partial charge in [0.2, 0.25) is 0 Å². The minimum atomic E-state index is -5.54. The van der Waals surface area contributed by atoms with Crippen LogP contribution in [0.2, 0.25) is 0 Å². The molecule has 1 aromatic carbocycles. The lowest BCUT2D eigenvalue weighted by atomic mass is 10.3. The first-order chi connectivity index (χ1) is 7.60. The molecule has 0 aliphatic rings. The first-order valence-corrected chi connectivity index (χ1v) is 4.26. The van der Waals surface area contributed by atoms with Crippen molar-refractivity contribution in [2.24, 2.45) is 0 Å². The van der Waals surface area contributed by atoms with Crippen molar-refractivity contribution in [1.29, 1.82) is 0 Å². The number of alkyl halides is 6. The molecule has 0 atom stereocenters. The third kappa shape index (κ3) is 3.72. The summed E-state index contributed by atoms with van der Waals surface area (Å²) in [7, 11) is 0. The molecule has 0 fully saturated rings. The molecule has 0 saturated carbocycles. The molecule has 1 aromatic rings. The summed E-state index contributed by atoms with van der Waals surface area (Å²) < 4.78 is 76.7. The summed E-state index contributed by atoms with van der Waals surface area (Å²) in [5.41, 5.74) is 5.22. The van der Waals surface area contributed by atoms with Gasteiger partial charge in [0.1, 0.15) is 5.75 Å². The Kier molecular flexibility index (Phi) is 3.44. The highest BCUT2D eigenvalue weighted by Gasteiger charge is 2.59. The van der Waals surface area contributed by atoms with E-state index in [-0.39, 0.29) is 5.69 Å². The molecule has 8 heteroatoms. The molecule has 0 aliphatic heterocycles. The summed E-state index contributed by atoms with van der Waals surface area (Å²) in [6.45, 7) is 0. The predicted octanol–water partition coefficient (Wildman–Crippen LogP) is 3.14. The highest BCUT2D eigenvalue weighted by Crippen LogP contribution is 2.36. The van der Waals surface area contributed by atoms with Gasteiger partial charge in [-0.25, -0.2) is 0 Å². The maximum absolute atomic E-state index is 12.1. The molecule has 0 bridgehead atoms. The first-order valence-electron chi connectivity index (χ1n) is 4.26. The van der Waals surface area contributed by atoms with Gasteiger partial charge in [-0.15, -0.1) is 0 Å². The van der Waals surface area contributed by atoms with Crippen LogP contribution < -0.4 is 10.5 Å². The number of halogens is 6. The molecule has 0 saturated heterocycles. The van der Waals surface area contributed by atoms with Crippen molar-refractivity contribution < 1.29 is 31.1 Å². The van der Waals surface area contributed by atoms with E-state index < -0.39 is 24.2 Å². The number of hydrogen-bond donors (Lipinski definition) is 1. The number of benzene rings is 1. The summed E-state index contributed by atoms with van der Waals surface area (Å²) in [6.07, 6.45) is -14.9. The third-order valence-electron chi connectivity index (χ3n) is 1.71. The monoisotopic (exact) mass is 259 g/mol. The van der Waals surface area contributed by atoms with Crippen LogP contribution in [-0.4, -0.2) is 18.5 Å². The Balaban J connectivity index is 2.96. The van der Waals surface area contributed by atoms with E-state index >= 15 is 0 Å². The van der Waals surface area contributed by atoms with Gasteiger partial charge in [-0.2, -0.15) is 26.3 Å². The second-order valence-corrected chi connectivity index (χ2v) is 3.15. The van der Waals surface area contributed by atoms with Gasteiger partial charge in [0.25, 0.3) is 6.10 Å². The molecule has 0 heterocycles. The van der Waals surface area contributed by atoms with Crippen molar-refractivity contribution in [3.8, 4) is 5.75 Å². The minimum Gasteiger partial charge on any atom is -0.471 e. The van der Waals surface area contributed by atoms with E-state index in [0.717, 1.165) is 12.1 Å². The second-order valence-electron chi connectivity index (χ2n) is 3.15. The Morgan fingerprint density at radius 3 is 1.94 bits per heavy atom. The topological polar surface area (TPSA) is 35.2 Å². The minimum absolute atomic E-state index is 0.00518. The molecule has 0 spiro atoms. The molecule has 0 aliphatic carbocycles. The van der Waals surface area contributed by atoms with Gasteiger partial charge in [-0.1, -0.05) is 6.07 Å². The van der Waals surface area contributed by atoms with Crippen LogP contribution in [0.4, 0.5) is 32.0 Å². The van der Waals surface area contributed by atoms with Gasteiger partial charge in [0.15, 0.2) is 0 Å². The van der Waals surface area contributed by atoms with E-state index in [1.54, 1.807) is 0 Å². The third-order valence-corrected chi connectivity index (χ3v) is 1.71. The molecular weight excluding hydrogens is 252 g/mol. The molecule has 0 unspecified atom stereocenters. The van der Waals surface area contributed by atoms with Gasteiger partial charge in [0, 0.05) is 11.8 Å². The largest absolute Gasteiger partial charge is 0.471 e. The van der Waals surface area contributed by atoms with Crippen LogP contribution in [-0.2, 0) is 0 Å². The van der Waals surface area contributed by atoms with Crippen LogP contribution in [0.15, 0.2) is 24.3 Å². The van der Waals surface area contributed by atoms with E-state index in [1.165, 1.54) is 12.1 Å². The maximum Gasteiger partial charge on any atom is 0.434 e. The van der Waals surface area contributed by atoms with Crippen LogP contribution in [0, 0.1) is 0 Å². The number of rotatable bonds is 2. The predicted molar refractivity (Wildman–Crippen MR) is 47.4 cm³/mol. The molecular formula is C9H7F6NO. The highest BCUT2D eigenvalue weighted by atomic mass is 19.4. The van der Waals surface area contributed by atoms with E-state index in [0.29, 0.717) is 0 Å². The standard InChI is InChI=1S/C9H7F6NO/c10-8(11,12)7(9(13,14)15)17-6-3-1-2-5(16)4-6/h1-4,7H,16H2. The van der Waals surface area contributed by atoms with Crippen molar-refractivity contribution in [2.45, 2.75) is 18.5 Å². The van der Waals surface area contributed by atoms with Crippen molar-refractivity contribution in [2.75, 3.05) is 5.73 Å². The van der Waals surface area contributed by atoms with Gasteiger partial charge in [-0.3, -0.25) is 0 Å². The first kappa shape index (κ1) is 13.5. The molecule has 0 amide bonds. The number of anilines is 1. The Hall–Kier alpha value is -1.60. The van der Waals surface area contributed by atoms with Crippen LogP contribution >= 0.6 is 0 Å². The second kappa shape index (κ2) is 4.34. The van der Waals surface area contributed by atoms with Crippen molar-refractivity contribution >= 4 is 5.69 Å². The number of nitrogens with two attached hydrogens (primary N) is 1. The number of nitrogen functional groups attached to an aromatic ring is 1. The molecule has 0 radical (unpaired) electrons. The van der Waals surface area contributed by atoms with Gasteiger partial charge >= 0.3 is 12.4 Å². The zero-order valence-electron chi connectivity index (χ0n) is 8.14. The molecule has 2 N–H and O–H groups in total. The lowest BCUT2D eigenvalue weighted by Gasteiger charge is -2.23. The van der Waals surface area contributed by atoms with Crippen LogP contribution in [0.5, 0.6) is 5.75 Å². The SMILES string of the molecule is Nc1cccc(OC(C(F)(F)F)C(F)(F)F)c1. The summed E-state index contributed by atoms with van der Waals surface area (Å²) in [4.78, 5) is 0. The van der Waals surface area contributed by atoms with Crippen molar-refractivity contribution in [3.05, 3.63) is 24.3 Å². The zero-order valence-corrected chi connectivity index (χ0v) is 8.14. The quantitative estimate of drug-likeness (QED) is 0.654. The van der Waals surface area contributed by atoms with E-state index in [1.807, 2.05) is 0 Å². The van der Waals surface area contributed by atoms with E-state index in [4.69, 9.17) is 5.73 Å². The van der Waals surface area contributed by atoms with Gasteiger partial charge < -0.3 is 10.5 Å². The summed E-state index contributed by atoms with van der Waals surface area (Å²) in [5.74, 6) is -0.593. The van der Waals surface area contributed by atoms with Gasteiger partial charge in [0.05, 0.1) is 0 Å².